The van der Waals surface area contributed by atoms with Crippen LogP contribution >= 0.6 is 0 Å². The van der Waals surface area contributed by atoms with Gasteiger partial charge in [-0.25, -0.2) is 0 Å². The molecule has 4 bridgehead atoms. The predicted molar refractivity (Wildman–Crippen MR) is 343 cm³/mol. The molecule has 1 atom stereocenters. The highest BCUT2D eigenvalue weighted by Gasteiger charge is 2.54. The Hall–Kier alpha value is -7.56. The van der Waals surface area contributed by atoms with E-state index >= 15 is 0 Å². The van der Waals surface area contributed by atoms with Crippen LogP contribution < -0.4 is 31.1 Å². The molecule has 0 aromatic heterocycles. The maximum absolute atomic E-state index is 2.74. The van der Waals surface area contributed by atoms with Gasteiger partial charge in [0.1, 0.15) is 0 Å². The van der Waals surface area contributed by atoms with Crippen molar-refractivity contribution in [3.8, 4) is 22.3 Å². The third-order valence-corrected chi connectivity index (χ3v) is 19.5. The third-order valence-electron chi connectivity index (χ3n) is 19.5. The van der Waals surface area contributed by atoms with Crippen LogP contribution in [0.1, 0.15) is 147 Å². The Morgan fingerprint density at radius 3 is 1.60 bits per heavy atom. The number of para-hydroxylation sites is 2. The molecule has 0 N–H and O–H groups in total. The van der Waals surface area contributed by atoms with Crippen LogP contribution in [0.15, 0.2) is 182 Å². The molecule has 0 saturated heterocycles. The molecule has 9 aromatic rings. The first kappa shape index (κ1) is 50.6. The molecule has 2 aliphatic carbocycles. The van der Waals surface area contributed by atoms with Crippen molar-refractivity contribution in [2.75, 3.05) is 14.7 Å². The number of hydrogen-bond acceptors (Lipinski definition) is 3. The predicted octanol–water partition coefficient (Wildman–Crippen LogP) is 18.7. The number of hydrogen-bond donors (Lipinski definition) is 0. The molecule has 0 fully saturated rings. The van der Waals surface area contributed by atoms with Crippen LogP contribution in [0.4, 0.5) is 51.2 Å². The summed E-state index contributed by atoms with van der Waals surface area (Å²) in [6, 6.07) is 70.9. The Kier molecular flexibility index (Phi) is 10.8. The van der Waals surface area contributed by atoms with Gasteiger partial charge < -0.3 is 14.7 Å². The lowest BCUT2D eigenvalue weighted by Gasteiger charge is -2.46. The molecule has 9 aromatic carbocycles. The van der Waals surface area contributed by atoms with Gasteiger partial charge in [0.15, 0.2) is 0 Å². The van der Waals surface area contributed by atoms with Crippen LogP contribution in [-0.4, -0.2) is 6.71 Å². The van der Waals surface area contributed by atoms with E-state index in [0.717, 1.165) is 29.9 Å². The fourth-order valence-electron chi connectivity index (χ4n) is 15.9. The molecule has 80 heavy (non-hydrogen) atoms. The van der Waals surface area contributed by atoms with Crippen molar-refractivity contribution >= 4 is 74.3 Å². The molecule has 3 heterocycles. The van der Waals surface area contributed by atoms with Crippen LogP contribution in [0.5, 0.6) is 0 Å². The second kappa shape index (κ2) is 17.0. The van der Waals surface area contributed by atoms with Crippen LogP contribution in [0.25, 0.3) is 22.3 Å². The van der Waals surface area contributed by atoms with Crippen LogP contribution in [0.3, 0.4) is 0 Å². The number of fused-ring (bicyclic) bond motifs is 12. The highest BCUT2D eigenvalue weighted by molar-refractivity contribution is 7.00. The Bertz CT molecular complexity index is 4000. The smallest absolute Gasteiger partial charge is 0.252 e. The van der Waals surface area contributed by atoms with Crippen LogP contribution in [-0.2, 0) is 32.5 Å². The van der Waals surface area contributed by atoms with E-state index in [0.29, 0.717) is 0 Å². The van der Waals surface area contributed by atoms with Crippen molar-refractivity contribution in [1.82, 2.24) is 0 Å². The van der Waals surface area contributed by atoms with Gasteiger partial charge in [0.05, 0.1) is 11.4 Å². The lowest BCUT2D eigenvalue weighted by Crippen LogP contribution is -2.61. The fourth-order valence-corrected chi connectivity index (χ4v) is 15.9. The van der Waals surface area contributed by atoms with Crippen LogP contribution in [0, 0.1) is 6.92 Å². The Balaban J connectivity index is 1.18. The Morgan fingerprint density at radius 1 is 0.400 bits per heavy atom. The van der Waals surface area contributed by atoms with Crippen molar-refractivity contribution in [2.24, 2.45) is 0 Å². The minimum absolute atomic E-state index is 0.00156. The third kappa shape index (κ3) is 7.46. The van der Waals surface area contributed by atoms with Crippen molar-refractivity contribution < 1.29 is 0 Å². The first-order valence-corrected chi connectivity index (χ1v) is 29.5. The first-order valence-electron chi connectivity index (χ1n) is 29.5. The number of nitrogens with zero attached hydrogens (tertiary/aromatic N) is 3. The van der Waals surface area contributed by atoms with Gasteiger partial charge in [0, 0.05) is 50.8 Å². The number of rotatable bonds is 5. The number of benzene rings is 9. The van der Waals surface area contributed by atoms with E-state index in [-0.39, 0.29) is 39.2 Å². The molecule has 0 amide bonds. The lowest BCUT2D eigenvalue weighted by atomic mass is 9.33. The van der Waals surface area contributed by atoms with Gasteiger partial charge in [-0.1, -0.05) is 199 Å². The number of anilines is 9. The average molecular weight is 1040 g/mol. The maximum Gasteiger partial charge on any atom is 0.252 e. The van der Waals surface area contributed by atoms with E-state index in [1.807, 2.05) is 0 Å². The molecule has 3 nitrogen and oxygen atoms in total. The van der Waals surface area contributed by atoms with Gasteiger partial charge in [-0.05, 0) is 197 Å². The van der Waals surface area contributed by atoms with Crippen molar-refractivity contribution in [2.45, 2.75) is 142 Å². The summed E-state index contributed by atoms with van der Waals surface area (Å²) in [5.41, 5.74) is 30.7. The first-order chi connectivity index (χ1) is 37.9. The fraction of sp³-hybridized carbons (Fsp3) is 0.289. The molecule has 0 spiro atoms. The quantitative estimate of drug-likeness (QED) is 0.159. The molecule has 5 aliphatic rings. The van der Waals surface area contributed by atoms with Gasteiger partial charge in [0.25, 0.3) is 6.71 Å². The second-order valence-corrected chi connectivity index (χ2v) is 28.6. The van der Waals surface area contributed by atoms with E-state index in [4.69, 9.17) is 0 Å². The molecule has 3 aliphatic heterocycles. The van der Waals surface area contributed by atoms with Gasteiger partial charge in [-0.3, -0.25) is 0 Å². The normalized spacial score (nSPS) is 18.3. The SMILES string of the molecule is Cc1ccc(C(C)(C)C)cc1N1c2cc(-c3ccccc3)ccc2B2c3cc4c5cc3N(c3ccc(C(C)(C)C)cc3-c3cc6c(c(c3)C5(C)CC4(C)C)C(C)(C)CC6(C)C)c3cc(N(c4ccccc4)c4ccccc4)cc1c32. The van der Waals surface area contributed by atoms with Gasteiger partial charge >= 0.3 is 0 Å². The topological polar surface area (TPSA) is 9.72 Å². The molecule has 4 heteroatoms. The van der Waals surface area contributed by atoms with E-state index in [1.165, 1.54) is 112 Å². The van der Waals surface area contributed by atoms with E-state index in [2.05, 4.69) is 294 Å². The average Bonchev–Trinajstić information content (AvgIpc) is 3.81. The molecule has 0 radical (unpaired) electrons. The molecular weight excluding hydrogens is 966 g/mol. The summed E-state index contributed by atoms with van der Waals surface area (Å²) in [6.45, 7) is 34.1. The van der Waals surface area contributed by atoms with E-state index in [9.17, 15) is 0 Å². The molecule has 14 rings (SSSR count). The standard InChI is InChI=1S/C76H76BN3/c1-47-30-32-52(72(5,6)7)40-64(47)80-65-38-49(48-24-18-15-19-25-48)31-34-61(65)77-62-43-57-58-44-66(62)79(67-41-55(42-68(80)70(67)77)78(53-26-20-16-21-27-53)54-28-22-17-23-29-54)63-35-33-51(71(2,3)4)39-56(63)50-36-59-69(75(12,13)45-73(59,8)9)60(37-50)76(58,14)46-74(57,10)11/h15-44H,45-46H2,1-14H3. The monoisotopic (exact) mass is 1040 g/mol. The zero-order valence-corrected chi connectivity index (χ0v) is 49.7. The van der Waals surface area contributed by atoms with Crippen molar-refractivity contribution in [3.05, 3.63) is 226 Å². The zero-order valence-electron chi connectivity index (χ0n) is 49.7. The van der Waals surface area contributed by atoms with Crippen molar-refractivity contribution in [1.29, 1.82) is 0 Å². The molecule has 1 unspecified atom stereocenters. The van der Waals surface area contributed by atoms with Crippen LogP contribution in [0.2, 0.25) is 0 Å². The maximum atomic E-state index is 2.74. The Labute approximate surface area is 477 Å². The van der Waals surface area contributed by atoms with Gasteiger partial charge in [-0.2, -0.15) is 0 Å². The van der Waals surface area contributed by atoms with E-state index < -0.39 is 0 Å². The highest BCUT2D eigenvalue weighted by atomic mass is 15.2. The summed E-state index contributed by atoms with van der Waals surface area (Å²) >= 11 is 0. The summed E-state index contributed by atoms with van der Waals surface area (Å²) in [4.78, 5) is 7.89. The van der Waals surface area contributed by atoms with E-state index in [1.54, 1.807) is 5.56 Å². The lowest BCUT2D eigenvalue weighted by molar-refractivity contribution is 0.392. The van der Waals surface area contributed by atoms with Gasteiger partial charge in [-0.15, -0.1) is 0 Å². The molecule has 0 saturated carbocycles. The Morgan fingerprint density at radius 2 is 0.963 bits per heavy atom. The zero-order chi connectivity index (χ0) is 55.8. The minimum Gasteiger partial charge on any atom is -0.311 e. The summed E-state index contributed by atoms with van der Waals surface area (Å²) in [7, 11) is 0. The summed E-state index contributed by atoms with van der Waals surface area (Å²) in [5.74, 6) is 0. The number of aryl methyl sites for hydroxylation is 1. The highest BCUT2D eigenvalue weighted by Crippen LogP contribution is 2.62. The van der Waals surface area contributed by atoms with Crippen molar-refractivity contribution in [3.63, 3.8) is 0 Å². The summed E-state index contributed by atoms with van der Waals surface area (Å²) in [6.07, 6.45) is 2.15. The minimum atomic E-state index is -0.247. The molecular formula is C76H76BN3. The van der Waals surface area contributed by atoms with Gasteiger partial charge in [0.2, 0.25) is 0 Å². The molecule has 398 valence electrons. The largest absolute Gasteiger partial charge is 0.311 e. The second-order valence-electron chi connectivity index (χ2n) is 28.6. The summed E-state index contributed by atoms with van der Waals surface area (Å²) < 4.78 is 0. The summed E-state index contributed by atoms with van der Waals surface area (Å²) in [5, 5.41) is 0.